The van der Waals surface area contributed by atoms with Gasteiger partial charge in [-0.05, 0) is 50.9 Å². The lowest BCUT2D eigenvalue weighted by atomic mass is 10.1. The van der Waals surface area contributed by atoms with Crippen LogP contribution in [0.25, 0.3) is 10.9 Å². The first kappa shape index (κ1) is 15.2. The number of rotatable bonds is 4. The van der Waals surface area contributed by atoms with Crippen molar-refractivity contribution in [1.82, 2.24) is 14.5 Å². The molecule has 1 aromatic carbocycles. The van der Waals surface area contributed by atoms with Crippen LogP contribution in [0, 0.1) is 6.92 Å². The van der Waals surface area contributed by atoms with E-state index in [9.17, 15) is 9.90 Å². The summed E-state index contributed by atoms with van der Waals surface area (Å²) in [7, 11) is 0. The first-order chi connectivity index (χ1) is 10.6. The highest BCUT2D eigenvalue weighted by Gasteiger charge is 2.16. The van der Waals surface area contributed by atoms with Crippen LogP contribution < -0.4 is 5.56 Å². The minimum absolute atomic E-state index is 0.0346. The molecule has 0 radical (unpaired) electrons. The number of aryl methyl sites for hydroxylation is 2. The van der Waals surface area contributed by atoms with Gasteiger partial charge in [0, 0.05) is 13.1 Å². The zero-order valence-corrected chi connectivity index (χ0v) is 13.0. The second-order valence-electron chi connectivity index (χ2n) is 6.16. The van der Waals surface area contributed by atoms with Gasteiger partial charge in [-0.2, -0.15) is 0 Å². The molecule has 0 spiro atoms. The maximum absolute atomic E-state index is 12.5. The molecule has 1 atom stereocenters. The molecule has 3 rings (SSSR count). The third-order valence-electron chi connectivity index (χ3n) is 4.41. The minimum Gasteiger partial charge on any atom is -0.392 e. The van der Waals surface area contributed by atoms with Crippen molar-refractivity contribution in [2.24, 2.45) is 0 Å². The van der Waals surface area contributed by atoms with Crippen molar-refractivity contribution in [2.45, 2.75) is 38.8 Å². The monoisotopic (exact) mass is 301 g/mol. The lowest BCUT2D eigenvalue weighted by Crippen LogP contribution is -2.39. The third kappa shape index (κ3) is 3.20. The van der Waals surface area contributed by atoms with Gasteiger partial charge in [-0.15, -0.1) is 0 Å². The van der Waals surface area contributed by atoms with Gasteiger partial charge in [0.1, 0.15) is 0 Å². The van der Waals surface area contributed by atoms with Crippen molar-refractivity contribution in [3.05, 3.63) is 40.4 Å². The molecule has 0 saturated carbocycles. The molecule has 2 heterocycles. The van der Waals surface area contributed by atoms with Crippen LogP contribution in [0.2, 0.25) is 0 Å². The second-order valence-corrected chi connectivity index (χ2v) is 6.16. The summed E-state index contributed by atoms with van der Waals surface area (Å²) < 4.78 is 1.70. The Balaban J connectivity index is 1.67. The van der Waals surface area contributed by atoms with Crippen molar-refractivity contribution in [1.29, 1.82) is 0 Å². The Hall–Kier alpha value is -1.72. The molecule has 0 aliphatic carbocycles. The Morgan fingerprint density at radius 1 is 1.36 bits per heavy atom. The van der Waals surface area contributed by atoms with Crippen molar-refractivity contribution in [2.75, 3.05) is 19.6 Å². The van der Waals surface area contributed by atoms with Crippen molar-refractivity contribution < 1.29 is 5.11 Å². The number of hydrogen-bond acceptors (Lipinski definition) is 4. The highest BCUT2D eigenvalue weighted by molar-refractivity contribution is 5.80. The summed E-state index contributed by atoms with van der Waals surface area (Å²) >= 11 is 0. The molecule has 0 unspecified atom stereocenters. The van der Waals surface area contributed by atoms with Crippen molar-refractivity contribution in [3.8, 4) is 0 Å². The van der Waals surface area contributed by atoms with Crippen LogP contribution in [-0.2, 0) is 6.54 Å². The van der Waals surface area contributed by atoms with E-state index in [0.29, 0.717) is 11.9 Å². The van der Waals surface area contributed by atoms with E-state index < -0.39 is 0 Å². The molecule has 1 fully saturated rings. The molecule has 1 N–H and O–H groups in total. The van der Waals surface area contributed by atoms with Gasteiger partial charge in [-0.25, -0.2) is 4.98 Å². The summed E-state index contributed by atoms with van der Waals surface area (Å²) in [6, 6.07) is 5.72. The summed E-state index contributed by atoms with van der Waals surface area (Å²) in [5, 5.41) is 10.4. The number of para-hydroxylation sites is 1. The number of hydrogen-bond donors (Lipinski definition) is 1. The summed E-state index contributed by atoms with van der Waals surface area (Å²) in [6.07, 6.45) is 4.32. The van der Waals surface area contributed by atoms with Gasteiger partial charge in [0.15, 0.2) is 0 Å². The van der Waals surface area contributed by atoms with Crippen LogP contribution in [0.15, 0.2) is 29.3 Å². The first-order valence-electron chi connectivity index (χ1n) is 8.00. The number of aliphatic hydroxyl groups excluding tert-OH is 1. The number of aliphatic hydroxyl groups is 1. The molecule has 5 nitrogen and oxygen atoms in total. The van der Waals surface area contributed by atoms with E-state index in [1.165, 1.54) is 0 Å². The maximum atomic E-state index is 12.5. The Kier molecular flexibility index (Phi) is 4.55. The van der Waals surface area contributed by atoms with Gasteiger partial charge < -0.3 is 10.0 Å². The zero-order valence-electron chi connectivity index (χ0n) is 13.0. The number of nitrogens with zero attached hydrogens (tertiary/aromatic N) is 3. The van der Waals surface area contributed by atoms with Crippen LogP contribution in [-0.4, -0.2) is 45.3 Å². The molecule has 1 aromatic heterocycles. The summed E-state index contributed by atoms with van der Waals surface area (Å²) in [5.41, 5.74) is 1.86. The fraction of sp³-hybridized carbons (Fsp3) is 0.529. The van der Waals surface area contributed by atoms with E-state index in [4.69, 9.17) is 0 Å². The molecule has 1 aliphatic heterocycles. The maximum Gasteiger partial charge on any atom is 0.261 e. The number of fused-ring (bicyclic) bond motifs is 1. The summed E-state index contributed by atoms with van der Waals surface area (Å²) in [5.74, 6) is 0. The predicted molar refractivity (Wildman–Crippen MR) is 87.0 cm³/mol. The quantitative estimate of drug-likeness (QED) is 0.931. The molecule has 22 heavy (non-hydrogen) atoms. The second kappa shape index (κ2) is 6.58. The highest BCUT2D eigenvalue weighted by atomic mass is 16.3. The van der Waals surface area contributed by atoms with E-state index in [0.717, 1.165) is 50.0 Å². The number of aromatic nitrogens is 2. The van der Waals surface area contributed by atoms with Gasteiger partial charge in [0.05, 0.1) is 23.3 Å². The number of β-amino-alcohol motifs (C(OH)–C–C–N with tert-alkyl or cyclic N) is 1. The van der Waals surface area contributed by atoms with Gasteiger partial charge in [0.25, 0.3) is 5.56 Å². The molecule has 0 amide bonds. The first-order valence-corrected chi connectivity index (χ1v) is 8.00. The fourth-order valence-electron chi connectivity index (χ4n) is 3.20. The molecule has 1 saturated heterocycles. The largest absolute Gasteiger partial charge is 0.392 e. The van der Waals surface area contributed by atoms with E-state index in [2.05, 4.69) is 9.88 Å². The molecule has 5 heteroatoms. The Morgan fingerprint density at radius 3 is 3.05 bits per heavy atom. The Labute approximate surface area is 130 Å². The van der Waals surface area contributed by atoms with Crippen molar-refractivity contribution >= 4 is 10.9 Å². The normalized spacial score (nSPS) is 19.6. The van der Waals surface area contributed by atoms with E-state index in [-0.39, 0.29) is 11.7 Å². The van der Waals surface area contributed by atoms with Gasteiger partial charge in [0.2, 0.25) is 0 Å². The number of likely N-dealkylation sites (tertiary alicyclic amines) is 1. The number of benzene rings is 1. The van der Waals surface area contributed by atoms with E-state index in [1.807, 2.05) is 25.1 Å². The van der Waals surface area contributed by atoms with E-state index in [1.54, 1.807) is 10.9 Å². The fourth-order valence-corrected chi connectivity index (χ4v) is 3.20. The SMILES string of the molecule is Cc1cccc2c(=O)n(CCCN3CCC[C@H](O)C3)cnc12. The molecular weight excluding hydrogens is 278 g/mol. The average Bonchev–Trinajstić information content (AvgIpc) is 2.50. The summed E-state index contributed by atoms with van der Waals surface area (Å²) in [6.45, 7) is 5.35. The van der Waals surface area contributed by atoms with Crippen molar-refractivity contribution in [3.63, 3.8) is 0 Å². The average molecular weight is 301 g/mol. The summed E-state index contributed by atoms with van der Waals surface area (Å²) in [4.78, 5) is 19.2. The zero-order chi connectivity index (χ0) is 15.5. The lowest BCUT2D eigenvalue weighted by molar-refractivity contribution is 0.0695. The molecule has 2 aromatic rings. The lowest BCUT2D eigenvalue weighted by Gasteiger charge is -2.29. The number of piperidine rings is 1. The topological polar surface area (TPSA) is 58.4 Å². The Morgan fingerprint density at radius 2 is 2.23 bits per heavy atom. The third-order valence-corrected chi connectivity index (χ3v) is 4.41. The van der Waals surface area contributed by atoms with Gasteiger partial charge in [-0.3, -0.25) is 9.36 Å². The standard InChI is InChI=1S/C17H23N3O2/c1-13-5-2-7-15-16(13)18-12-20(17(15)22)10-4-9-19-8-3-6-14(21)11-19/h2,5,7,12,14,21H,3-4,6,8-11H2,1H3/t14-/m0/s1. The minimum atomic E-state index is -0.193. The van der Waals surface area contributed by atoms with Gasteiger partial charge in [-0.1, -0.05) is 12.1 Å². The Bertz CT molecular complexity index is 711. The smallest absolute Gasteiger partial charge is 0.261 e. The van der Waals surface area contributed by atoms with Crippen LogP contribution >= 0.6 is 0 Å². The molecular formula is C17H23N3O2. The van der Waals surface area contributed by atoms with Gasteiger partial charge >= 0.3 is 0 Å². The van der Waals surface area contributed by atoms with Crippen LogP contribution in [0.4, 0.5) is 0 Å². The molecule has 1 aliphatic rings. The van der Waals surface area contributed by atoms with Crippen LogP contribution in [0.3, 0.4) is 0 Å². The predicted octanol–water partition coefficient (Wildman–Crippen LogP) is 1.55. The van der Waals surface area contributed by atoms with Crippen LogP contribution in [0.5, 0.6) is 0 Å². The van der Waals surface area contributed by atoms with Crippen LogP contribution in [0.1, 0.15) is 24.8 Å². The molecule has 0 bridgehead atoms. The molecule has 118 valence electrons. The van der Waals surface area contributed by atoms with E-state index >= 15 is 0 Å². The highest BCUT2D eigenvalue weighted by Crippen LogP contribution is 2.12.